The van der Waals surface area contributed by atoms with Gasteiger partial charge >= 0.3 is 0 Å². The maximum absolute atomic E-state index is 13.9. The molecule has 1 N–H and O–H groups in total. The third-order valence-electron chi connectivity index (χ3n) is 5.02. The third-order valence-corrected chi connectivity index (χ3v) is 5.02. The molecule has 4 heteroatoms. The van der Waals surface area contributed by atoms with Gasteiger partial charge in [0, 0.05) is 24.2 Å². The first-order valence-electron chi connectivity index (χ1n) is 9.91. The first-order valence-corrected chi connectivity index (χ1v) is 9.91. The van der Waals surface area contributed by atoms with E-state index in [0.717, 1.165) is 39.1 Å². The summed E-state index contributed by atoms with van der Waals surface area (Å²) in [7, 11) is 0. The number of carbonyl (C=O) groups excluding carboxylic acids is 1. The minimum Gasteiger partial charge on any atom is -0.488 e. The molecule has 154 valence electrons. The van der Waals surface area contributed by atoms with E-state index in [2.05, 4.69) is 24.0 Å². The number of fused-ring (bicyclic) bond motifs is 1. The van der Waals surface area contributed by atoms with Gasteiger partial charge in [0.05, 0.1) is 0 Å². The second kappa shape index (κ2) is 9.40. The van der Waals surface area contributed by atoms with Crippen LogP contribution in [0, 0.1) is 12.7 Å². The molecule has 0 aromatic heterocycles. The van der Waals surface area contributed by atoms with E-state index in [0.29, 0.717) is 18.8 Å². The molecule has 3 rings (SSSR count). The van der Waals surface area contributed by atoms with Gasteiger partial charge in [-0.25, -0.2) is 4.39 Å². The van der Waals surface area contributed by atoms with Gasteiger partial charge in [-0.15, -0.1) is 0 Å². The van der Waals surface area contributed by atoms with Gasteiger partial charge in [-0.1, -0.05) is 36.9 Å². The smallest absolute Gasteiger partial charge is 0.221 e. The van der Waals surface area contributed by atoms with Crippen LogP contribution in [0.4, 0.5) is 10.1 Å². The lowest BCUT2D eigenvalue weighted by molar-refractivity contribution is -0.114. The molecule has 3 nitrogen and oxygen atoms in total. The van der Waals surface area contributed by atoms with Crippen molar-refractivity contribution in [3.05, 3.63) is 94.9 Å². The Hall–Kier alpha value is -3.40. The highest BCUT2D eigenvalue weighted by molar-refractivity contribution is 5.95. The van der Waals surface area contributed by atoms with Gasteiger partial charge in [0.25, 0.3) is 0 Å². The minimum atomic E-state index is -0.339. The molecule has 2 aromatic carbocycles. The van der Waals surface area contributed by atoms with Gasteiger partial charge in [-0.05, 0) is 72.4 Å². The standard InChI is InChI=1S/C26H26FNO2/c1-5-7-8-22-20(6-2)16-30-26-15-21(27)11-12-23(26)24(22)13-19-10-9-17(3)25(14-19)28-18(4)29/h5-7,9-15H,2,8,16H2,1,3-4H3,(H,28,29)/b7-5-,24-13+. The van der Waals surface area contributed by atoms with Crippen molar-refractivity contribution in [3.8, 4) is 5.75 Å². The van der Waals surface area contributed by atoms with E-state index in [4.69, 9.17) is 4.74 Å². The Kier molecular flexibility index (Phi) is 6.68. The van der Waals surface area contributed by atoms with Crippen LogP contribution in [0.15, 0.2) is 72.4 Å². The van der Waals surface area contributed by atoms with Gasteiger partial charge < -0.3 is 10.1 Å². The van der Waals surface area contributed by atoms with Crippen LogP contribution >= 0.6 is 0 Å². The van der Waals surface area contributed by atoms with Gasteiger partial charge in [-0.2, -0.15) is 0 Å². The fourth-order valence-corrected chi connectivity index (χ4v) is 3.46. The first kappa shape index (κ1) is 21.3. The van der Waals surface area contributed by atoms with E-state index in [1.807, 2.05) is 38.1 Å². The predicted molar refractivity (Wildman–Crippen MR) is 122 cm³/mol. The highest BCUT2D eigenvalue weighted by Crippen LogP contribution is 2.39. The average molecular weight is 403 g/mol. The maximum atomic E-state index is 13.9. The van der Waals surface area contributed by atoms with E-state index in [1.165, 1.54) is 19.1 Å². The number of halogens is 1. The van der Waals surface area contributed by atoms with E-state index in [9.17, 15) is 9.18 Å². The molecule has 1 heterocycles. The second-order valence-corrected chi connectivity index (χ2v) is 7.22. The topological polar surface area (TPSA) is 38.3 Å². The number of aryl methyl sites for hydroxylation is 1. The van der Waals surface area contributed by atoms with Crippen LogP contribution in [0.2, 0.25) is 0 Å². The number of benzene rings is 2. The Morgan fingerprint density at radius 2 is 2.07 bits per heavy atom. The molecule has 1 amide bonds. The van der Waals surface area contributed by atoms with Crippen LogP contribution in [0.5, 0.6) is 5.75 Å². The highest BCUT2D eigenvalue weighted by atomic mass is 19.1. The van der Waals surface area contributed by atoms with Gasteiger partial charge in [0.15, 0.2) is 0 Å². The molecule has 30 heavy (non-hydrogen) atoms. The Bertz CT molecular complexity index is 1080. The van der Waals surface area contributed by atoms with Crippen molar-refractivity contribution in [1.29, 1.82) is 0 Å². The van der Waals surface area contributed by atoms with Crippen molar-refractivity contribution < 1.29 is 13.9 Å². The number of hydrogen-bond acceptors (Lipinski definition) is 2. The largest absolute Gasteiger partial charge is 0.488 e. The quantitative estimate of drug-likeness (QED) is 0.581. The van der Waals surface area contributed by atoms with E-state index >= 15 is 0 Å². The van der Waals surface area contributed by atoms with Crippen LogP contribution in [0.25, 0.3) is 11.6 Å². The van der Waals surface area contributed by atoms with Crippen LogP contribution < -0.4 is 10.1 Å². The maximum Gasteiger partial charge on any atom is 0.221 e. The molecule has 1 aliphatic heterocycles. The van der Waals surface area contributed by atoms with Crippen molar-refractivity contribution in [1.82, 2.24) is 0 Å². The van der Waals surface area contributed by atoms with Gasteiger partial charge in [0.2, 0.25) is 5.91 Å². The lowest BCUT2D eigenvalue weighted by atomic mass is 9.90. The van der Waals surface area contributed by atoms with Crippen LogP contribution in [0.1, 0.15) is 37.0 Å². The van der Waals surface area contributed by atoms with Gasteiger partial charge in [-0.3, -0.25) is 4.79 Å². The number of hydrogen-bond donors (Lipinski definition) is 1. The summed E-state index contributed by atoms with van der Waals surface area (Å²) in [6.07, 6.45) is 8.64. The molecule has 0 aliphatic carbocycles. The highest BCUT2D eigenvalue weighted by Gasteiger charge is 2.21. The first-order chi connectivity index (χ1) is 14.4. The molecule has 0 unspecified atom stereocenters. The van der Waals surface area contributed by atoms with Crippen molar-refractivity contribution >= 4 is 23.2 Å². The Morgan fingerprint density at radius 3 is 2.77 bits per heavy atom. The summed E-state index contributed by atoms with van der Waals surface area (Å²) in [6.45, 7) is 9.71. The average Bonchev–Trinajstić information content (AvgIpc) is 2.85. The van der Waals surface area contributed by atoms with Crippen LogP contribution in [-0.2, 0) is 4.79 Å². The Morgan fingerprint density at radius 1 is 1.27 bits per heavy atom. The van der Waals surface area contributed by atoms with Crippen LogP contribution in [-0.4, -0.2) is 12.5 Å². The predicted octanol–water partition coefficient (Wildman–Crippen LogP) is 6.47. The zero-order valence-corrected chi connectivity index (χ0v) is 17.6. The molecule has 0 saturated heterocycles. The molecule has 0 radical (unpaired) electrons. The molecule has 2 aromatic rings. The summed E-state index contributed by atoms with van der Waals surface area (Å²) in [5, 5.41) is 2.87. The molecule has 0 saturated carbocycles. The normalized spacial score (nSPS) is 15.0. The van der Waals surface area contributed by atoms with Crippen molar-refractivity contribution in [2.24, 2.45) is 0 Å². The zero-order chi connectivity index (χ0) is 21.7. The number of nitrogens with one attached hydrogen (secondary N) is 1. The molecular formula is C26H26FNO2. The number of allylic oxidation sites excluding steroid dienone is 4. The number of rotatable bonds is 5. The molecule has 0 fully saturated rings. The lowest BCUT2D eigenvalue weighted by Gasteiger charge is -2.14. The fourth-order valence-electron chi connectivity index (χ4n) is 3.46. The van der Waals surface area contributed by atoms with E-state index in [1.54, 1.807) is 12.1 Å². The monoisotopic (exact) mass is 403 g/mol. The Balaban J connectivity index is 2.22. The van der Waals surface area contributed by atoms with Crippen molar-refractivity contribution in [2.75, 3.05) is 11.9 Å². The number of ether oxygens (including phenoxy) is 1. The number of anilines is 1. The summed E-state index contributed by atoms with van der Waals surface area (Å²) in [5.74, 6) is 0.0490. The van der Waals surface area contributed by atoms with E-state index < -0.39 is 0 Å². The summed E-state index contributed by atoms with van der Waals surface area (Å²) in [6, 6.07) is 10.5. The third kappa shape index (κ3) is 4.77. The van der Waals surface area contributed by atoms with Crippen LogP contribution in [0.3, 0.4) is 0 Å². The summed E-state index contributed by atoms with van der Waals surface area (Å²) < 4.78 is 19.8. The summed E-state index contributed by atoms with van der Waals surface area (Å²) in [5.41, 5.74) is 6.50. The molecule has 0 bridgehead atoms. The van der Waals surface area contributed by atoms with Crippen molar-refractivity contribution in [2.45, 2.75) is 27.2 Å². The molecule has 0 spiro atoms. The SMILES string of the molecule is C=CC1=C(C/C=C\C)/C(=C\c2ccc(C)c(NC(C)=O)c2)c2ccc(F)cc2OC1. The molecule has 0 atom stereocenters. The lowest BCUT2D eigenvalue weighted by Crippen LogP contribution is -2.07. The fraction of sp³-hybridized carbons (Fsp3) is 0.192. The summed E-state index contributed by atoms with van der Waals surface area (Å²) >= 11 is 0. The minimum absolute atomic E-state index is 0.116. The molecular weight excluding hydrogens is 377 g/mol. The zero-order valence-electron chi connectivity index (χ0n) is 17.6. The number of amides is 1. The van der Waals surface area contributed by atoms with Gasteiger partial charge in [0.1, 0.15) is 18.2 Å². The summed E-state index contributed by atoms with van der Waals surface area (Å²) in [4.78, 5) is 11.6. The van der Waals surface area contributed by atoms with E-state index in [-0.39, 0.29) is 11.7 Å². The molecule has 1 aliphatic rings. The second-order valence-electron chi connectivity index (χ2n) is 7.22. The number of carbonyl (C=O) groups is 1. The van der Waals surface area contributed by atoms with Crippen molar-refractivity contribution in [3.63, 3.8) is 0 Å². The Labute approximate surface area is 177 Å².